The molecule has 0 amide bonds. The lowest BCUT2D eigenvalue weighted by Gasteiger charge is -2.26. The van der Waals surface area contributed by atoms with Crippen LogP contribution in [0.25, 0.3) is 0 Å². The van der Waals surface area contributed by atoms with Crippen molar-refractivity contribution in [3.63, 3.8) is 0 Å². The predicted octanol–water partition coefficient (Wildman–Crippen LogP) is 3.18. The van der Waals surface area contributed by atoms with Crippen molar-refractivity contribution in [3.05, 3.63) is 0 Å². The number of hydrogen-bond donors (Lipinski definition) is 0. The first-order valence-corrected chi connectivity index (χ1v) is 8.76. The molecule has 3 nitrogen and oxygen atoms in total. The van der Waals surface area contributed by atoms with Gasteiger partial charge in [-0.2, -0.15) is 0 Å². The van der Waals surface area contributed by atoms with Gasteiger partial charge < -0.3 is 4.74 Å². The van der Waals surface area contributed by atoms with Crippen LogP contribution < -0.4 is 0 Å². The largest absolute Gasteiger partial charge is 0.381 e. The lowest BCUT2D eigenvalue weighted by atomic mass is 9.90. The Hall–Kier alpha value is 0.200. The standard InChI is InChI=1S/C12H23ClO3S/c1-12(2,10-17(13,14)15)9-16-8-11-6-4-3-5-7-11/h11H,3-10H2,1-2H3. The van der Waals surface area contributed by atoms with E-state index in [1.165, 1.54) is 32.1 Å². The fraction of sp³-hybridized carbons (Fsp3) is 1.00. The maximum Gasteiger partial charge on any atom is 0.233 e. The van der Waals surface area contributed by atoms with E-state index < -0.39 is 14.5 Å². The van der Waals surface area contributed by atoms with Crippen LogP contribution in [0.5, 0.6) is 0 Å². The second-order valence-electron chi connectivity index (χ2n) is 5.87. The fourth-order valence-electron chi connectivity index (χ4n) is 2.36. The Balaban J connectivity index is 2.24. The van der Waals surface area contributed by atoms with Crippen LogP contribution in [0.2, 0.25) is 0 Å². The summed E-state index contributed by atoms with van der Waals surface area (Å²) >= 11 is 0. The molecule has 0 spiro atoms. The number of hydrogen-bond acceptors (Lipinski definition) is 3. The highest BCUT2D eigenvalue weighted by Gasteiger charge is 2.25. The Morgan fingerprint density at radius 2 is 1.82 bits per heavy atom. The molecule has 1 aliphatic carbocycles. The third-order valence-corrected chi connectivity index (χ3v) is 4.59. The Morgan fingerprint density at radius 1 is 1.24 bits per heavy atom. The molecule has 17 heavy (non-hydrogen) atoms. The average Bonchev–Trinajstić information content (AvgIpc) is 2.15. The van der Waals surface area contributed by atoms with Gasteiger partial charge >= 0.3 is 0 Å². The van der Waals surface area contributed by atoms with Crippen LogP contribution in [-0.4, -0.2) is 27.4 Å². The molecule has 0 bridgehead atoms. The lowest BCUT2D eigenvalue weighted by molar-refractivity contribution is 0.0401. The molecule has 1 aliphatic rings. The predicted molar refractivity (Wildman–Crippen MR) is 70.8 cm³/mol. The van der Waals surface area contributed by atoms with Gasteiger partial charge in [-0.1, -0.05) is 33.1 Å². The third-order valence-electron chi connectivity index (χ3n) is 3.13. The van der Waals surface area contributed by atoms with Crippen molar-refractivity contribution in [1.82, 2.24) is 0 Å². The molecule has 1 fully saturated rings. The van der Waals surface area contributed by atoms with Crippen molar-refractivity contribution < 1.29 is 13.2 Å². The van der Waals surface area contributed by atoms with E-state index in [2.05, 4.69) is 0 Å². The summed E-state index contributed by atoms with van der Waals surface area (Å²) < 4.78 is 27.7. The second-order valence-corrected chi connectivity index (χ2v) is 8.64. The summed E-state index contributed by atoms with van der Waals surface area (Å²) in [7, 11) is 1.82. The minimum absolute atomic E-state index is 0.0355. The molecule has 0 atom stereocenters. The van der Waals surface area contributed by atoms with E-state index in [1.54, 1.807) is 0 Å². The molecule has 0 aromatic heterocycles. The fourth-order valence-corrected chi connectivity index (χ4v) is 4.27. The minimum Gasteiger partial charge on any atom is -0.381 e. The highest BCUT2D eigenvalue weighted by atomic mass is 35.7. The summed E-state index contributed by atoms with van der Waals surface area (Å²) in [6.45, 7) is 4.95. The normalized spacial score (nSPS) is 19.5. The molecule has 0 aliphatic heterocycles. The number of ether oxygens (including phenoxy) is 1. The van der Waals surface area contributed by atoms with Crippen LogP contribution in [0, 0.1) is 11.3 Å². The van der Waals surface area contributed by atoms with Gasteiger partial charge in [0.15, 0.2) is 0 Å². The SMILES string of the molecule is CC(C)(COCC1CCCCC1)CS(=O)(=O)Cl. The van der Waals surface area contributed by atoms with E-state index in [4.69, 9.17) is 15.4 Å². The van der Waals surface area contributed by atoms with Gasteiger partial charge in [0.2, 0.25) is 9.05 Å². The first-order chi connectivity index (χ1) is 7.79. The van der Waals surface area contributed by atoms with Gasteiger partial charge in [-0.3, -0.25) is 0 Å². The molecule has 102 valence electrons. The molecule has 0 heterocycles. The maximum atomic E-state index is 11.0. The van der Waals surface area contributed by atoms with Crippen molar-refractivity contribution in [1.29, 1.82) is 0 Å². The molecule has 0 saturated heterocycles. The molecule has 1 rings (SSSR count). The molecule has 5 heteroatoms. The summed E-state index contributed by atoms with van der Waals surface area (Å²) in [4.78, 5) is 0. The Kier molecular flexibility index (Phi) is 5.74. The molecule has 0 unspecified atom stereocenters. The average molecular weight is 283 g/mol. The number of halogens is 1. The minimum atomic E-state index is -3.44. The first-order valence-electron chi connectivity index (χ1n) is 6.29. The van der Waals surface area contributed by atoms with Crippen LogP contribution in [0.1, 0.15) is 46.0 Å². The number of rotatable bonds is 6. The van der Waals surface area contributed by atoms with Gasteiger partial charge in [-0.25, -0.2) is 8.42 Å². The molecular weight excluding hydrogens is 260 g/mol. The van der Waals surface area contributed by atoms with Gasteiger partial charge in [-0.15, -0.1) is 0 Å². The monoisotopic (exact) mass is 282 g/mol. The Bertz CT molecular complexity index is 319. The molecular formula is C12H23ClO3S. The molecule has 1 saturated carbocycles. The zero-order valence-electron chi connectivity index (χ0n) is 10.7. The highest BCUT2D eigenvalue weighted by molar-refractivity contribution is 8.13. The van der Waals surface area contributed by atoms with Gasteiger partial charge in [0.25, 0.3) is 0 Å². The van der Waals surface area contributed by atoms with Crippen LogP contribution in [-0.2, 0) is 13.8 Å². The molecule has 0 radical (unpaired) electrons. The lowest BCUT2D eigenvalue weighted by Crippen LogP contribution is -2.28. The quantitative estimate of drug-likeness (QED) is 0.703. The third kappa shape index (κ3) is 7.27. The van der Waals surface area contributed by atoms with Crippen molar-refractivity contribution >= 4 is 19.7 Å². The summed E-state index contributed by atoms with van der Waals surface area (Å²) in [5.41, 5.74) is -0.407. The first kappa shape index (κ1) is 15.3. The van der Waals surface area contributed by atoms with Crippen molar-refractivity contribution in [2.45, 2.75) is 46.0 Å². The summed E-state index contributed by atoms with van der Waals surface area (Å²) in [5, 5.41) is 0. The maximum absolute atomic E-state index is 11.0. The molecule has 0 aromatic rings. The van der Waals surface area contributed by atoms with Gasteiger partial charge in [0, 0.05) is 22.7 Å². The van der Waals surface area contributed by atoms with E-state index in [1.807, 2.05) is 13.8 Å². The van der Waals surface area contributed by atoms with Crippen molar-refractivity contribution in [2.24, 2.45) is 11.3 Å². The van der Waals surface area contributed by atoms with Crippen LogP contribution in [0.15, 0.2) is 0 Å². The zero-order chi connectivity index (χ0) is 12.9. The van der Waals surface area contributed by atoms with Gasteiger partial charge in [0.05, 0.1) is 12.4 Å². The highest BCUT2D eigenvalue weighted by Crippen LogP contribution is 2.25. The van der Waals surface area contributed by atoms with E-state index in [0.717, 1.165) is 6.61 Å². The van der Waals surface area contributed by atoms with Crippen molar-refractivity contribution in [3.8, 4) is 0 Å². The van der Waals surface area contributed by atoms with E-state index in [9.17, 15) is 8.42 Å². The topological polar surface area (TPSA) is 43.4 Å². The molecule has 0 aromatic carbocycles. The van der Waals surface area contributed by atoms with Crippen molar-refractivity contribution in [2.75, 3.05) is 19.0 Å². The summed E-state index contributed by atoms with van der Waals surface area (Å²) in [5.74, 6) is 0.624. The van der Waals surface area contributed by atoms with Crippen LogP contribution >= 0.6 is 10.7 Å². The van der Waals surface area contributed by atoms with Gasteiger partial charge in [-0.05, 0) is 18.8 Å². The summed E-state index contributed by atoms with van der Waals surface area (Å²) in [6, 6.07) is 0. The van der Waals surface area contributed by atoms with Crippen LogP contribution in [0.3, 0.4) is 0 Å². The van der Waals surface area contributed by atoms with Gasteiger partial charge in [0.1, 0.15) is 0 Å². The Morgan fingerprint density at radius 3 is 2.35 bits per heavy atom. The smallest absolute Gasteiger partial charge is 0.233 e. The van der Waals surface area contributed by atoms with E-state index in [-0.39, 0.29) is 5.75 Å². The van der Waals surface area contributed by atoms with E-state index >= 15 is 0 Å². The summed E-state index contributed by atoms with van der Waals surface area (Å²) in [6.07, 6.45) is 6.43. The molecule has 0 N–H and O–H groups in total. The second kappa shape index (κ2) is 6.39. The zero-order valence-corrected chi connectivity index (χ0v) is 12.3. The van der Waals surface area contributed by atoms with Crippen LogP contribution in [0.4, 0.5) is 0 Å². The Labute approximate surface area is 109 Å². The van der Waals surface area contributed by atoms with E-state index in [0.29, 0.717) is 12.5 Å².